The Hall–Kier alpha value is 0.0200. The highest BCUT2D eigenvalue weighted by Crippen LogP contribution is 2.32. The predicted octanol–water partition coefficient (Wildman–Crippen LogP) is 2.18. The summed E-state index contributed by atoms with van der Waals surface area (Å²) in [6, 6.07) is 0. The third-order valence-corrected chi connectivity index (χ3v) is 2.99. The Labute approximate surface area is 60.9 Å². The fraction of sp³-hybridized carbons (Fsp3) is 0.857. The number of nitrogens with zero attached hydrogens (tertiary/aromatic N) is 1. The molecule has 1 aliphatic rings. The van der Waals surface area contributed by atoms with Crippen LogP contribution < -0.4 is 0 Å². The van der Waals surface area contributed by atoms with Crippen molar-refractivity contribution in [1.29, 1.82) is 0 Å². The van der Waals surface area contributed by atoms with Gasteiger partial charge in [0.05, 0.1) is 12.1 Å². The molecule has 9 heavy (non-hydrogen) atoms. The lowest BCUT2D eigenvalue weighted by atomic mass is 9.92. The van der Waals surface area contributed by atoms with Crippen LogP contribution in [0.25, 0.3) is 0 Å². The smallest absolute Gasteiger partial charge is 0.0545 e. The lowest BCUT2D eigenvalue weighted by Gasteiger charge is -2.24. The normalized spacial score (nSPS) is 27.2. The molecule has 0 saturated heterocycles. The minimum atomic E-state index is 0.418. The van der Waals surface area contributed by atoms with Crippen molar-refractivity contribution in [1.82, 2.24) is 0 Å². The van der Waals surface area contributed by atoms with Gasteiger partial charge in [-0.1, -0.05) is 20.8 Å². The minimum absolute atomic E-state index is 0.418. The number of hydrogen-bond donors (Lipinski definition) is 0. The zero-order valence-corrected chi connectivity index (χ0v) is 7.03. The summed E-state index contributed by atoms with van der Waals surface area (Å²) in [5.41, 5.74) is 2.39. The molecule has 0 amide bonds. The number of thioether (sulfide) groups is 1. The minimum Gasteiger partial charge on any atom is -0.285 e. The van der Waals surface area contributed by atoms with Crippen LogP contribution in [0.3, 0.4) is 0 Å². The molecule has 1 rings (SSSR count). The van der Waals surface area contributed by atoms with Gasteiger partial charge in [-0.15, -0.1) is 11.8 Å². The third kappa shape index (κ3) is 1.71. The number of hydrogen-bond acceptors (Lipinski definition) is 2. The van der Waals surface area contributed by atoms with Gasteiger partial charge < -0.3 is 0 Å². The van der Waals surface area contributed by atoms with Crippen molar-refractivity contribution in [2.45, 2.75) is 26.0 Å². The Kier molecular flexibility index (Phi) is 1.85. The molecule has 0 spiro atoms. The van der Waals surface area contributed by atoms with Crippen molar-refractivity contribution in [3.8, 4) is 0 Å². The third-order valence-electron chi connectivity index (χ3n) is 1.54. The molecule has 0 aromatic rings. The maximum atomic E-state index is 4.17. The van der Waals surface area contributed by atoms with Crippen LogP contribution >= 0.6 is 11.8 Å². The summed E-state index contributed by atoms with van der Waals surface area (Å²) in [5.74, 6) is 0. The van der Waals surface area contributed by atoms with E-state index in [0.29, 0.717) is 10.7 Å². The molecule has 0 fully saturated rings. The first-order valence-corrected chi connectivity index (χ1v) is 4.19. The van der Waals surface area contributed by atoms with Crippen LogP contribution in [0.2, 0.25) is 0 Å². The van der Waals surface area contributed by atoms with Gasteiger partial charge in [0.25, 0.3) is 0 Å². The topological polar surface area (TPSA) is 12.4 Å². The van der Waals surface area contributed by atoms with E-state index in [-0.39, 0.29) is 0 Å². The van der Waals surface area contributed by atoms with Crippen molar-refractivity contribution in [3.63, 3.8) is 0 Å². The van der Waals surface area contributed by atoms with Crippen LogP contribution in [-0.4, -0.2) is 17.3 Å². The van der Waals surface area contributed by atoms with E-state index in [1.54, 1.807) is 0 Å². The molecule has 1 heterocycles. The summed E-state index contributed by atoms with van der Waals surface area (Å²) in [4.78, 5) is 4.17. The van der Waals surface area contributed by atoms with E-state index in [4.69, 9.17) is 0 Å². The second-order valence-electron chi connectivity index (χ2n) is 3.46. The van der Waals surface area contributed by atoms with Crippen LogP contribution in [0.5, 0.6) is 0 Å². The Morgan fingerprint density at radius 3 is 2.44 bits per heavy atom. The molecule has 0 aliphatic carbocycles. The molecular formula is C7H13NS. The first-order chi connectivity index (χ1) is 4.11. The van der Waals surface area contributed by atoms with E-state index in [0.717, 1.165) is 6.54 Å². The maximum Gasteiger partial charge on any atom is 0.0545 e. The van der Waals surface area contributed by atoms with E-state index in [2.05, 4.69) is 25.8 Å². The summed E-state index contributed by atoms with van der Waals surface area (Å²) in [6.45, 7) is 7.80. The van der Waals surface area contributed by atoms with Crippen LogP contribution in [0, 0.1) is 5.41 Å². The second-order valence-corrected chi connectivity index (χ2v) is 4.51. The molecule has 1 nitrogen and oxygen atoms in total. The quantitative estimate of drug-likeness (QED) is 0.506. The average molecular weight is 143 g/mol. The zero-order chi connectivity index (χ0) is 6.91. The molecule has 2 heteroatoms. The predicted molar refractivity (Wildman–Crippen MR) is 44.2 cm³/mol. The fourth-order valence-electron chi connectivity index (χ4n) is 0.776. The van der Waals surface area contributed by atoms with Gasteiger partial charge in [0.15, 0.2) is 0 Å². The second kappa shape index (κ2) is 2.33. The van der Waals surface area contributed by atoms with Gasteiger partial charge in [0.1, 0.15) is 0 Å². The molecule has 1 atom stereocenters. The molecule has 0 bridgehead atoms. The first kappa shape index (κ1) is 7.13. The zero-order valence-electron chi connectivity index (χ0n) is 6.22. The van der Waals surface area contributed by atoms with Gasteiger partial charge in [-0.3, -0.25) is 4.99 Å². The number of aliphatic imine (C=N–C) groups is 1. The Morgan fingerprint density at radius 2 is 2.22 bits per heavy atom. The first-order valence-electron chi connectivity index (χ1n) is 3.24. The van der Waals surface area contributed by atoms with Gasteiger partial charge in [-0.05, 0) is 5.41 Å². The molecule has 0 aromatic carbocycles. The summed E-state index contributed by atoms with van der Waals surface area (Å²) in [7, 11) is 0. The highest BCUT2D eigenvalue weighted by Gasteiger charge is 2.26. The van der Waals surface area contributed by atoms with Crippen LogP contribution in [0.4, 0.5) is 0 Å². The van der Waals surface area contributed by atoms with Crippen molar-refractivity contribution >= 4 is 17.3 Å². The molecule has 1 aliphatic heterocycles. The average Bonchev–Trinajstić information content (AvgIpc) is 2.08. The van der Waals surface area contributed by atoms with Gasteiger partial charge in [-0.2, -0.15) is 0 Å². The van der Waals surface area contributed by atoms with Gasteiger partial charge in [-0.25, -0.2) is 0 Å². The van der Waals surface area contributed by atoms with Crippen LogP contribution in [-0.2, 0) is 0 Å². The van der Waals surface area contributed by atoms with E-state index in [9.17, 15) is 0 Å². The maximum absolute atomic E-state index is 4.17. The monoisotopic (exact) mass is 143 g/mol. The molecular weight excluding hydrogens is 130 g/mol. The van der Waals surface area contributed by atoms with Crippen molar-refractivity contribution < 1.29 is 0 Å². The Bertz CT molecular complexity index is 115. The Balaban J connectivity index is 2.46. The largest absolute Gasteiger partial charge is 0.285 e. The lowest BCUT2D eigenvalue weighted by molar-refractivity contribution is 0.402. The molecule has 0 aromatic heterocycles. The van der Waals surface area contributed by atoms with Crippen molar-refractivity contribution in [2.24, 2.45) is 10.4 Å². The van der Waals surface area contributed by atoms with Gasteiger partial charge >= 0.3 is 0 Å². The van der Waals surface area contributed by atoms with E-state index in [1.807, 2.05) is 17.3 Å². The molecule has 0 radical (unpaired) electrons. The number of rotatable bonds is 0. The van der Waals surface area contributed by atoms with E-state index in [1.165, 1.54) is 0 Å². The van der Waals surface area contributed by atoms with E-state index < -0.39 is 0 Å². The Morgan fingerprint density at radius 1 is 1.56 bits per heavy atom. The summed E-state index contributed by atoms with van der Waals surface area (Å²) in [5, 5.41) is 0.706. The van der Waals surface area contributed by atoms with Crippen molar-refractivity contribution in [2.75, 3.05) is 6.54 Å². The molecule has 0 N–H and O–H groups in total. The standard InChI is InChI=1S/C7H13NS/c1-7(2,3)6-4-8-5-9-6/h5-6H,4H2,1-3H3/t6-/m1/s1. The highest BCUT2D eigenvalue weighted by molar-refractivity contribution is 8.12. The summed E-state index contributed by atoms with van der Waals surface area (Å²) in [6.07, 6.45) is 0. The van der Waals surface area contributed by atoms with Crippen LogP contribution in [0.1, 0.15) is 20.8 Å². The van der Waals surface area contributed by atoms with Crippen molar-refractivity contribution in [3.05, 3.63) is 0 Å². The van der Waals surface area contributed by atoms with Gasteiger partial charge in [0, 0.05) is 5.25 Å². The lowest BCUT2D eigenvalue weighted by Crippen LogP contribution is -2.23. The van der Waals surface area contributed by atoms with Gasteiger partial charge in [0.2, 0.25) is 0 Å². The highest BCUT2D eigenvalue weighted by atomic mass is 32.2. The SMILES string of the molecule is CC(C)(C)[C@H]1CN=CS1. The van der Waals surface area contributed by atoms with E-state index >= 15 is 0 Å². The van der Waals surface area contributed by atoms with Crippen LogP contribution in [0.15, 0.2) is 4.99 Å². The molecule has 0 saturated carbocycles. The fourth-order valence-corrected chi connectivity index (χ4v) is 1.68. The summed E-state index contributed by atoms with van der Waals surface area (Å²) >= 11 is 1.86. The molecule has 52 valence electrons. The molecule has 0 unspecified atom stereocenters. The summed E-state index contributed by atoms with van der Waals surface area (Å²) < 4.78 is 0.